The molecule has 2 rings (SSSR count). The first-order valence-corrected chi connectivity index (χ1v) is 8.97. The average Bonchev–Trinajstić information content (AvgIpc) is 2.82. The van der Waals surface area contributed by atoms with E-state index in [0.717, 1.165) is 30.7 Å². The summed E-state index contributed by atoms with van der Waals surface area (Å²) >= 11 is 8.18. The molecule has 2 aromatic rings. The molecule has 2 nitrogen and oxygen atoms in total. The van der Waals surface area contributed by atoms with Crippen molar-refractivity contribution in [2.75, 3.05) is 6.26 Å². The Bertz CT molecular complexity index is 612. The Morgan fingerprint density at radius 1 is 1.38 bits per heavy atom. The number of aromatic nitrogens is 2. The molecule has 0 saturated carbocycles. The number of hydrogen-bond acceptors (Lipinski definition) is 2. The molecule has 5 heteroatoms. The molecule has 1 heterocycles. The second-order valence-electron chi connectivity index (χ2n) is 5.40. The molecule has 1 unspecified atom stereocenters. The van der Waals surface area contributed by atoms with Crippen LogP contribution in [0.15, 0.2) is 18.2 Å². The van der Waals surface area contributed by atoms with Crippen molar-refractivity contribution in [1.29, 1.82) is 0 Å². The lowest BCUT2D eigenvalue weighted by molar-refractivity contribution is 0.463. The minimum absolute atomic E-state index is 0.155. The number of nitrogens with zero attached hydrogens (tertiary/aromatic N) is 2. The molecule has 1 aromatic carbocycles. The van der Waals surface area contributed by atoms with Gasteiger partial charge in [-0.2, -0.15) is 11.8 Å². The van der Waals surface area contributed by atoms with Crippen LogP contribution in [0.25, 0.3) is 11.0 Å². The summed E-state index contributed by atoms with van der Waals surface area (Å²) in [7, 11) is 0. The summed E-state index contributed by atoms with van der Waals surface area (Å²) in [6.07, 6.45) is 4.29. The van der Waals surface area contributed by atoms with Gasteiger partial charge in [0.15, 0.2) is 0 Å². The summed E-state index contributed by atoms with van der Waals surface area (Å²) in [6.45, 7) is 7.18. The minimum Gasteiger partial charge on any atom is -0.325 e. The summed E-state index contributed by atoms with van der Waals surface area (Å²) in [5, 5.41) is -0.200. The maximum atomic E-state index is 13.4. The van der Waals surface area contributed by atoms with Crippen molar-refractivity contribution >= 4 is 34.4 Å². The van der Waals surface area contributed by atoms with Crippen LogP contribution in [0, 0.1) is 5.82 Å². The molecule has 1 atom stereocenters. The average molecular weight is 329 g/mol. The van der Waals surface area contributed by atoms with Crippen molar-refractivity contribution in [1.82, 2.24) is 9.55 Å². The fourth-order valence-corrected chi connectivity index (χ4v) is 3.71. The highest BCUT2D eigenvalue weighted by atomic mass is 35.5. The van der Waals surface area contributed by atoms with E-state index in [1.165, 1.54) is 12.1 Å². The molecule has 0 amide bonds. The highest BCUT2D eigenvalue weighted by Gasteiger charge is 2.28. The third-order valence-corrected chi connectivity index (χ3v) is 6.03. The van der Waals surface area contributed by atoms with Gasteiger partial charge >= 0.3 is 0 Å². The molecule has 0 radical (unpaired) electrons. The third kappa shape index (κ3) is 3.21. The predicted molar refractivity (Wildman–Crippen MR) is 90.8 cm³/mol. The van der Waals surface area contributed by atoms with Gasteiger partial charge in [-0.15, -0.1) is 11.6 Å². The molecule has 0 spiro atoms. The molecule has 0 aliphatic rings. The number of rotatable bonds is 6. The zero-order valence-electron chi connectivity index (χ0n) is 13.0. The summed E-state index contributed by atoms with van der Waals surface area (Å²) in [5.41, 5.74) is 1.64. The van der Waals surface area contributed by atoms with Crippen LogP contribution in [0.5, 0.6) is 0 Å². The van der Waals surface area contributed by atoms with Gasteiger partial charge in [0.25, 0.3) is 0 Å². The van der Waals surface area contributed by atoms with Gasteiger partial charge in [-0.05, 0) is 38.2 Å². The lowest BCUT2D eigenvalue weighted by Crippen LogP contribution is -2.29. The Hall–Kier alpha value is -0.740. The van der Waals surface area contributed by atoms with Gasteiger partial charge in [0.2, 0.25) is 0 Å². The molecule has 1 aromatic heterocycles. The van der Waals surface area contributed by atoms with E-state index >= 15 is 0 Å². The van der Waals surface area contributed by atoms with Gasteiger partial charge in [-0.25, -0.2) is 9.37 Å². The Balaban J connectivity index is 2.57. The monoisotopic (exact) mass is 328 g/mol. The molecular weight excluding hydrogens is 307 g/mol. The highest BCUT2D eigenvalue weighted by molar-refractivity contribution is 8.00. The summed E-state index contributed by atoms with van der Waals surface area (Å²) in [6, 6.07) is 4.77. The lowest BCUT2D eigenvalue weighted by atomic mass is 10.0. The number of hydrogen-bond donors (Lipinski definition) is 0. The number of fused-ring (bicyclic) bond motifs is 1. The molecule has 0 N–H and O–H groups in total. The summed E-state index contributed by atoms with van der Waals surface area (Å²) in [5.74, 6) is 0.556. The number of halogens is 2. The Kier molecular flexibility index (Phi) is 5.20. The van der Waals surface area contributed by atoms with E-state index in [4.69, 9.17) is 11.6 Å². The van der Waals surface area contributed by atoms with Crippen molar-refractivity contribution in [2.45, 2.75) is 50.3 Å². The minimum atomic E-state index is -0.261. The molecule has 0 aliphatic heterocycles. The van der Waals surface area contributed by atoms with Crippen LogP contribution in [-0.4, -0.2) is 20.6 Å². The van der Waals surface area contributed by atoms with E-state index in [1.54, 1.807) is 6.07 Å². The molecule has 0 fully saturated rings. The van der Waals surface area contributed by atoms with Gasteiger partial charge in [0.05, 0.1) is 16.4 Å². The van der Waals surface area contributed by atoms with Crippen LogP contribution in [0.3, 0.4) is 0 Å². The van der Waals surface area contributed by atoms with E-state index in [1.807, 2.05) is 18.7 Å². The number of thioether (sulfide) groups is 1. The van der Waals surface area contributed by atoms with E-state index in [0.29, 0.717) is 5.52 Å². The van der Waals surface area contributed by atoms with Gasteiger partial charge < -0.3 is 4.57 Å². The molecule has 0 bridgehead atoms. The predicted octanol–water partition coefficient (Wildman–Crippen LogP) is 5.40. The third-order valence-electron chi connectivity index (χ3n) is 4.26. The maximum Gasteiger partial charge on any atom is 0.127 e. The van der Waals surface area contributed by atoms with Crippen LogP contribution in [0.2, 0.25) is 0 Å². The van der Waals surface area contributed by atoms with Crippen molar-refractivity contribution < 1.29 is 4.39 Å². The topological polar surface area (TPSA) is 17.8 Å². The Morgan fingerprint density at radius 3 is 2.57 bits per heavy atom. The van der Waals surface area contributed by atoms with Crippen molar-refractivity contribution in [3.8, 4) is 0 Å². The van der Waals surface area contributed by atoms with Gasteiger partial charge in [-0.3, -0.25) is 0 Å². The van der Waals surface area contributed by atoms with E-state index < -0.39 is 0 Å². The zero-order chi connectivity index (χ0) is 15.6. The molecule has 0 saturated heterocycles. The van der Waals surface area contributed by atoms with Crippen molar-refractivity contribution in [3.05, 3.63) is 29.8 Å². The number of imidazole rings is 1. The van der Waals surface area contributed by atoms with Crippen molar-refractivity contribution in [3.63, 3.8) is 0 Å². The zero-order valence-corrected chi connectivity index (χ0v) is 14.6. The van der Waals surface area contributed by atoms with Gasteiger partial charge in [-0.1, -0.05) is 13.8 Å². The quantitative estimate of drug-likeness (QED) is 0.661. The van der Waals surface area contributed by atoms with Crippen LogP contribution in [-0.2, 0) is 6.54 Å². The summed E-state index contributed by atoms with van der Waals surface area (Å²) in [4.78, 5) is 4.54. The second-order valence-corrected chi connectivity index (χ2v) is 7.33. The van der Waals surface area contributed by atoms with Crippen LogP contribution in [0.4, 0.5) is 4.39 Å². The smallest absolute Gasteiger partial charge is 0.127 e. The molecule has 116 valence electrons. The van der Waals surface area contributed by atoms with Gasteiger partial charge in [0.1, 0.15) is 11.6 Å². The number of benzene rings is 1. The Labute approximate surface area is 135 Å². The van der Waals surface area contributed by atoms with Crippen LogP contribution < -0.4 is 0 Å². The first-order valence-electron chi connectivity index (χ1n) is 7.31. The van der Waals surface area contributed by atoms with Crippen LogP contribution in [0.1, 0.15) is 44.8 Å². The number of alkyl halides is 1. The molecule has 21 heavy (non-hydrogen) atoms. The normalized spacial score (nSPS) is 13.8. The van der Waals surface area contributed by atoms with E-state index in [9.17, 15) is 4.39 Å². The standard InChI is InChI=1S/C16H22ClFN2S/c1-5-16(6-2,21-4)10-20-14-8-7-12(18)9-13(14)19-15(20)11(3)17/h7-9,11H,5-6,10H2,1-4H3. The lowest BCUT2D eigenvalue weighted by Gasteiger charge is -2.31. The van der Waals surface area contributed by atoms with Gasteiger partial charge in [0, 0.05) is 17.4 Å². The van der Waals surface area contributed by atoms with E-state index in [2.05, 4.69) is 29.7 Å². The SMILES string of the molecule is CCC(CC)(Cn1c(C(C)Cl)nc2cc(F)ccc21)SC. The maximum absolute atomic E-state index is 13.4. The first kappa shape index (κ1) is 16.6. The first-order chi connectivity index (χ1) is 9.96. The molecule has 0 aliphatic carbocycles. The van der Waals surface area contributed by atoms with E-state index in [-0.39, 0.29) is 15.9 Å². The molecular formula is C16H22ClFN2S. The van der Waals surface area contributed by atoms with Crippen LogP contribution >= 0.6 is 23.4 Å². The Morgan fingerprint density at radius 2 is 2.05 bits per heavy atom. The highest BCUT2D eigenvalue weighted by Crippen LogP contribution is 2.35. The summed E-state index contributed by atoms with van der Waals surface area (Å²) < 4.78 is 15.7. The second kappa shape index (κ2) is 6.57. The fraction of sp³-hybridized carbons (Fsp3) is 0.562. The fourth-order valence-electron chi connectivity index (χ4n) is 2.71. The van der Waals surface area contributed by atoms with Crippen molar-refractivity contribution in [2.24, 2.45) is 0 Å². The largest absolute Gasteiger partial charge is 0.325 e.